The van der Waals surface area contributed by atoms with Crippen molar-refractivity contribution in [3.8, 4) is 0 Å². The molecule has 0 bridgehead atoms. The third-order valence-electron chi connectivity index (χ3n) is 0.843. The van der Waals surface area contributed by atoms with Gasteiger partial charge in [0.2, 0.25) is 0 Å². The van der Waals surface area contributed by atoms with E-state index in [4.69, 9.17) is 30.6 Å². The molecule has 13 heavy (non-hydrogen) atoms. The predicted octanol–water partition coefficient (Wildman–Crippen LogP) is -3.49. The molecule has 0 radical (unpaired) electrons. The molecule has 0 aliphatic heterocycles. The van der Waals surface area contributed by atoms with Crippen LogP contribution in [-0.2, 0) is 0 Å². The van der Waals surface area contributed by atoms with Crippen molar-refractivity contribution in [3.05, 3.63) is 0 Å². The Hall–Kier alpha value is 1.02. The molecule has 6 nitrogen and oxygen atoms in total. The second-order valence-electron chi connectivity index (χ2n) is 2.04. The van der Waals surface area contributed by atoms with Crippen molar-refractivity contribution in [3.63, 3.8) is 0 Å². The zero-order valence-electron chi connectivity index (χ0n) is 9.37. The van der Waals surface area contributed by atoms with Crippen LogP contribution in [0.3, 0.4) is 0 Å². The summed E-state index contributed by atoms with van der Waals surface area (Å²) in [5.41, 5.74) is 0. The zero-order valence-corrected chi connectivity index (χ0v) is 9.58. The topological polar surface area (TPSA) is 121 Å². The van der Waals surface area contributed by atoms with Gasteiger partial charge in [-0.1, -0.05) is 0 Å². The van der Waals surface area contributed by atoms with Crippen molar-refractivity contribution in [2.45, 2.75) is 12.2 Å². The molecule has 0 aromatic rings. The van der Waals surface area contributed by atoms with E-state index in [1.54, 1.807) is 0 Å². The maximum absolute atomic E-state index is 8.17. The van der Waals surface area contributed by atoms with Gasteiger partial charge < -0.3 is 33.5 Å². The third-order valence-corrected chi connectivity index (χ3v) is 0.843. The van der Waals surface area contributed by atoms with Gasteiger partial charge in [-0.3, -0.25) is 0 Å². The molecule has 0 amide bonds. The van der Waals surface area contributed by atoms with E-state index in [1.165, 1.54) is 0 Å². The van der Waals surface area contributed by atoms with Crippen molar-refractivity contribution in [1.82, 2.24) is 0 Å². The van der Waals surface area contributed by atoms with Gasteiger partial charge in [0, 0.05) is 0 Å². The van der Waals surface area contributed by atoms with E-state index in [9.17, 15) is 0 Å². The summed E-state index contributed by atoms with van der Waals surface area (Å²) in [5.74, 6) is 0. The Morgan fingerprint density at radius 2 is 0.846 bits per heavy atom. The van der Waals surface area contributed by atoms with E-state index in [0.29, 0.717) is 0 Å². The minimum Gasteiger partial charge on any atom is -1.00 e. The van der Waals surface area contributed by atoms with Crippen LogP contribution in [0.25, 0.3) is 0 Å². The molecule has 7 heteroatoms. The Morgan fingerprint density at radius 3 is 0.846 bits per heavy atom. The van der Waals surface area contributed by atoms with Gasteiger partial charge in [0.05, 0.1) is 26.4 Å². The van der Waals surface area contributed by atoms with Gasteiger partial charge in [-0.2, -0.15) is 0 Å². The fourth-order valence-corrected chi connectivity index (χ4v) is 0.115. The van der Waals surface area contributed by atoms with E-state index in [0.717, 1.165) is 0 Å². The van der Waals surface area contributed by atoms with Gasteiger partial charge in [0.1, 0.15) is 12.2 Å². The number of hydrogen-bond acceptors (Lipinski definition) is 6. The van der Waals surface area contributed by atoms with E-state index in [-0.39, 0.29) is 67.0 Å². The smallest absolute Gasteiger partial charge is 1.00 e. The van der Waals surface area contributed by atoms with Crippen molar-refractivity contribution >= 4 is 37.7 Å². The first-order valence-electron chi connectivity index (χ1n) is 3.41. The Kier molecular flexibility index (Phi) is 23.3. The molecule has 0 aromatic heterocycles. The number of aliphatic hydroxyl groups excluding tert-OH is 6. The number of aliphatic hydroxyl groups is 6. The summed E-state index contributed by atoms with van der Waals surface area (Å²) < 4.78 is 0. The van der Waals surface area contributed by atoms with Crippen molar-refractivity contribution < 1.29 is 33.5 Å². The van der Waals surface area contributed by atoms with Crippen LogP contribution in [0.2, 0.25) is 0 Å². The average molecular weight is 226 g/mol. The van der Waals surface area contributed by atoms with Crippen LogP contribution < -0.4 is 0 Å². The maximum atomic E-state index is 8.17. The standard InChI is InChI=1S/2C3H8O3.Ca.2H/c2*4-1-3(6)2-5;;;/h2*3-6H,1-2H2;;;/q;;+2;2*-1. The Bertz CT molecular complexity index is 74.0. The summed E-state index contributed by atoms with van der Waals surface area (Å²) in [7, 11) is 0. The van der Waals surface area contributed by atoms with Gasteiger partial charge in [-0.25, -0.2) is 0 Å². The minimum absolute atomic E-state index is 0. The second-order valence-corrected chi connectivity index (χ2v) is 2.04. The quantitative estimate of drug-likeness (QED) is 0.277. The molecule has 0 unspecified atom stereocenters. The molecule has 0 saturated heterocycles. The first-order chi connectivity index (χ1) is 5.62. The van der Waals surface area contributed by atoms with Crippen LogP contribution in [0.15, 0.2) is 0 Å². The van der Waals surface area contributed by atoms with Gasteiger partial charge in [0.25, 0.3) is 0 Å². The first kappa shape index (κ1) is 19.6. The number of rotatable bonds is 4. The molecule has 0 atom stereocenters. The van der Waals surface area contributed by atoms with E-state index in [1.807, 2.05) is 0 Å². The van der Waals surface area contributed by atoms with Crippen LogP contribution >= 0.6 is 0 Å². The molecule has 0 spiro atoms. The Morgan fingerprint density at radius 1 is 0.692 bits per heavy atom. The van der Waals surface area contributed by atoms with Crippen molar-refractivity contribution in [1.29, 1.82) is 0 Å². The molecule has 80 valence electrons. The molecule has 0 heterocycles. The van der Waals surface area contributed by atoms with Crippen molar-refractivity contribution in [2.24, 2.45) is 0 Å². The molecule has 0 fully saturated rings. The Balaban J connectivity index is -0.0000000370. The fraction of sp³-hybridized carbons (Fsp3) is 1.00. The first-order valence-corrected chi connectivity index (χ1v) is 3.41. The van der Waals surface area contributed by atoms with Gasteiger partial charge in [-0.05, 0) is 0 Å². The molecular formula is C6H18CaO6. The molecule has 0 aliphatic rings. The molecule has 6 N–H and O–H groups in total. The molecule has 0 rings (SSSR count). The van der Waals surface area contributed by atoms with Crippen molar-refractivity contribution in [2.75, 3.05) is 26.4 Å². The normalized spacial score (nSPS) is 9.23. The second kappa shape index (κ2) is 15.5. The predicted molar refractivity (Wildman–Crippen MR) is 48.3 cm³/mol. The van der Waals surface area contributed by atoms with Crippen LogP contribution in [0.1, 0.15) is 2.85 Å². The minimum atomic E-state index is -0.954. The van der Waals surface area contributed by atoms with Gasteiger partial charge >= 0.3 is 37.7 Å². The van der Waals surface area contributed by atoms with Crippen LogP contribution in [0, 0.1) is 0 Å². The SMILES string of the molecule is OCC(O)CO.OCC(O)CO.[Ca+2].[H-].[H-]. The van der Waals surface area contributed by atoms with Gasteiger partial charge in [-0.15, -0.1) is 0 Å². The van der Waals surface area contributed by atoms with E-state index in [2.05, 4.69) is 0 Å². The van der Waals surface area contributed by atoms with Crippen LogP contribution in [0.4, 0.5) is 0 Å². The number of hydrogen-bond donors (Lipinski definition) is 6. The summed E-state index contributed by atoms with van der Waals surface area (Å²) in [5, 5.41) is 48.0. The fourth-order valence-electron chi connectivity index (χ4n) is 0.115. The molecule has 0 saturated carbocycles. The van der Waals surface area contributed by atoms with E-state index >= 15 is 0 Å². The largest absolute Gasteiger partial charge is 2.00 e. The summed E-state index contributed by atoms with van der Waals surface area (Å²) >= 11 is 0. The molecular weight excluding hydrogens is 208 g/mol. The third kappa shape index (κ3) is 19.4. The van der Waals surface area contributed by atoms with Crippen LogP contribution in [0.5, 0.6) is 0 Å². The van der Waals surface area contributed by atoms with Crippen LogP contribution in [-0.4, -0.2) is 107 Å². The molecule has 0 aliphatic carbocycles. The monoisotopic (exact) mass is 226 g/mol. The Labute approximate surface area is 109 Å². The average Bonchev–Trinajstić information content (AvgIpc) is 2.16. The summed E-state index contributed by atoms with van der Waals surface area (Å²) in [6.45, 7) is -1.46. The zero-order chi connectivity index (χ0) is 9.98. The summed E-state index contributed by atoms with van der Waals surface area (Å²) in [6.07, 6.45) is -1.91. The van der Waals surface area contributed by atoms with Gasteiger partial charge in [0.15, 0.2) is 0 Å². The molecule has 0 aromatic carbocycles. The maximum Gasteiger partial charge on any atom is 2.00 e. The summed E-state index contributed by atoms with van der Waals surface area (Å²) in [4.78, 5) is 0. The van der Waals surface area contributed by atoms with E-state index < -0.39 is 12.2 Å². The summed E-state index contributed by atoms with van der Waals surface area (Å²) in [6, 6.07) is 0.